The fourth-order valence-corrected chi connectivity index (χ4v) is 2.81. The number of unbranched alkanes of at least 4 members (excludes halogenated alkanes) is 3. The number of thioether (sulfide) groups is 1. The molecule has 0 aromatic rings. The molecule has 0 spiro atoms. The van der Waals surface area contributed by atoms with Gasteiger partial charge < -0.3 is 4.90 Å². The van der Waals surface area contributed by atoms with Crippen molar-refractivity contribution in [1.82, 2.24) is 10.2 Å². The highest BCUT2D eigenvalue weighted by atomic mass is 32.2. The van der Waals surface area contributed by atoms with Gasteiger partial charge in [-0.1, -0.05) is 19.8 Å². The first-order valence-corrected chi connectivity index (χ1v) is 8.15. The van der Waals surface area contributed by atoms with Crippen LogP contribution in [0.15, 0.2) is 0 Å². The maximum absolute atomic E-state index is 12.0. The van der Waals surface area contributed by atoms with Gasteiger partial charge >= 0.3 is 0 Å². The van der Waals surface area contributed by atoms with Gasteiger partial charge in [-0.15, -0.1) is 0 Å². The Morgan fingerprint density at radius 1 is 1.29 bits per heavy atom. The van der Waals surface area contributed by atoms with Gasteiger partial charge in [0.05, 0.1) is 12.2 Å². The third-order valence-corrected chi connectivity index (χ3v) is 4.09. The SMILES string of the molecule is CCC1NC(C)N(CCCCCCSC)C1=O. The van der Waals surface area contributed by atoms with Gasteiger partial charge in [0.1, 0.15) is 0 Å². The van der Waals surface area contributed by atoms with Gasteiger partial charge in [0.2, 0.25) is 5.91 Å². The minimum Gasteiger partial charge on any atom is -0.326 e. The number of nitrogens with one attached hydrogen (secondary N) is 1. The lowest BCUT2D eigenvalue weighted by atomic mass is 10.2. The summed E-state index contributed by atoms with van der Waals surface area (Å²) in [6.45, 7) is 5.07. The quantitative estimate of drug-likeness (QED) is 0.679. The van der Waals surface area contributed by atoms with Crippen molar-refractivity contribution < 1.29 is 4.79 Å². The fraction of sp³-hybridized carbons (Fsp3) is 0.923. The minimum absolute atomic E-state index is 0.0569. The Balaban J connectivity index is 2.16. The maximum Gasteiger partial charge on any atom is 0.240 e. The zero-order valence-electron chi connectivity index (χ0n) is 11.4. The molecule has 0 aromatic carbocycles. The van der Waals surface area contributed by atoms with E-state index in [4.69, 9.17) is 0 Å². The van der Waals surface area contributed by atoms with Crippen LogP contribution in [-0.4, -0.2) is 41.6 Å². The average Bonchev–Trinajstić information content (AvgIpc) is 2.60. The minimum atomic E-state index is 0.0569. The van der Waals surface area contributed by atoms with Gasteiger partial charge in [-0.2, -0.15) is 11.8 Å². The molecule has 0 aliphatic carbocycles. The second-order valence-electron chi connectivity index (χ2n) is 4.74. The average molecular weight is 258 g/mol. The van der Waals surface area contributed by atoms with Crippen LogP contribution in [0.5, 0.6) is 0 Å². The van der Waals surface area contributed by atoms with E-state index in [1.165, 1.54) is 25.0 Å². The molecule has 4 heteroatoms. The molecule has 1 saturated heterocycles. The smallest absolute Gasteiger partial charge is 0.240 e. The lowest BCUT2D eigenvalue weighted by Crippen LogP contribution is -2.35. The van der Waals surface area contributed by atoms with Crippen molar-refractivity contribution in [2.45, 2.75) is 58.2 Å². The monoisotopic (exact) mass is 258 g/mol. The predicted octanol–water partition coefficient (Wildman–Crippen LogP) is 2.47. The van der Waals surface area contributed by atoms with E-state index in [0.29, 0.717) is 5.91 Å². The van der Waals surface area contributed by atoms with Gasteiger partial charge in [0, 0.05) is 6.54 Å². The molecule has 17 heavy (non-hydrogen) atoms. The van der Waals surface area contributed by atoms with Gasteiger partial charge in [0.25, 0.3) is 0 Å². The number of rotatable bonds is 8. The molecule has 1 aliphatic heterocycles. The number of hydrogen-bond acceptors (Lipinski definition) is 3. The van der Waals surface area contributed by atoms with E-state index in [9.17, 15) is 4.79 Å². The zero-order chi connectivity index (χ0) is 12.7. The summed E-state index contributed by atoms with van der Waals surface area (Å²) in [6, 6.07) is 0.0569. The summed E-state index contributed by atoms with van der Waals surface area (Å²) < 4.78 is 0. The molecule has 2 unspecified atom stereocenters. The number of nitrogens with zero attached hydrogens (tertiary/aromatic N) is 1. The Kier molecular flexibility index (Phi) is 6.97. The number of carbonyl (C=O) groups excluding carboxylic acids is 1. The van der Waals surface area contributed by atoms with Gasteiger partial charge in [-0.25, -0.2) is 0 Å². The van der Waals surface area contributed by atoms with Crippen molar-refractivity contribution in [1.29, 1.82) is 0 Å². The molecule has 2 atom stereocenters. The number of hydrogen-bond donors (Lipinski definition) is 1. The molecular formula is C13H26N2OS. The molecule has 1 heterocycles. The van der Waals surface area contributed by atoms with E-state index in [1.54, 1.807) is 0 Å². The Hall–Kier alpha value is -0.220. The van der Waals surface area contributed by atoms with Crippen molar-refractivity contribution >= 4 is 17.7 Å². The molecule has 0 saturated carbocycles. The topological polar surface area (TPSA) is 32.3 Å². The van der Waals surface area contributed by atoms with E-state index in [-0.39, 0.29) is 12.2 Å². The standard InChI is InChI=1S/C13H26N2OS/c1-4-12-13(16)15(11(2)14-12)9-7-5-6-8-10-17-3/h11-12,14H,4-10H2,1-3H3. The van der Waals surface area contributed by atoms with Crippen molar-refractivity contribution in [3.8, 4) is 0 Å². The first-order valence-electron chi connectivity index (χ1n) is 6.76. The van der Waals surface area contributed by atoms with E-state index >= 15 is 0 Å². The maximum atomic E-state index is 12.0. The van der Waals surface area contributed by atoms with Crippen LogP contribution in [0, 0.1) is 0 Å². The highest BCUT2D eigenvalue weighted by Crippen LogP contribution is 2.14. The van der Waals surface area contributed by atoms with E-state index in [2.05, 4.69) is 25.4 Å². The van der Waals surface area contributed by atoms with Crippen LogP contribution < -0.4 is 5.32 Å². The van der Waals surface area contributed by atoms with Crippen LogP contribution in [0.3, 0.4) is 0 Å². The summed E-state index contributed by atoms with van der Waals surface area (Å²) in [4.78, 5) is 14.0. The van der Waals surface area contributed by atoms with Crippen molar-refractivity contribution in [2.75, 3.05) is 18.6 Å². The van der Waals surface area contributed by atoms with E-state index < -0.39 is 0 Å². The van der Waals surface area contributed by atoms with E-state index in [0.717, 1.165) is 19.4 Å². The number of amides is 1. The molecule has 3 nitrogen and oxygen atoms in total. The van der Waals surface area contributed by atoms with Gasteiger partial charge in [0.15, 0.2) is 0 Å². The van der Waals surface area contributed by atoms with Crippen LogP contribution in [0.25, 0.3) is 0 Å². The van der Waals surface area contributed by atoms with Gasteiger partial charge in [-0.3, -0.25) is 10.1 Å². The third kappa shape index (κ3) is 4.51. The molecule has 0 bridgehead atoms. The molecule has 100 valence electrons. The predicted molar refractivity (Wildman–Crippen MR) is 75.2 cm³/mol. The summed E-state index contributed by atoms with van der Waals surface area (Å²) in [5, 5.41) is 3.34. The highest BCUT2D eigenvalue weighted by molar-refractivity contribution is 7.98. The summed E-state index contributed by atoms with van der Waals surface area (Å²) in [7, 11) is 0. The molecule has 1 amide bonds. The lowest BCUT2D eigenvalue weighted by Gasteiger charge is -2.20. The van der Waals surface area contributed by atoms with Crippen molar-refractivity contribution in [2.24, 2.45) is 0 Å². The Bertz CT molecular complexity index is 235. The van der Waals surface area contributed by atoms with Crippen LogP contribution >= 0.6 is 11.8 Å². The zero-order valence-corrected chi connectivity index (χ0v) is 12.2. The van der Waals surface area contributed by atoms with Crippen LogP contribution in [0.2, 0.25) is 0 Å². The molecule has 1 rings (SSSR count). The number of carbonyl (C=O) groups is 1. The summed E-state index contributed by atoms with van der Waals surface area (Å²) in [5.74, 6) is 1.56. The second kappa shape index (κ2) is 7.98. The van der Waals surface area contributed by atoms with Gasteiger partial charge in [-0.05, 0) is 38.2 Å². The van der Waals surface area contributed by atoms with Crippen molar-refractivity contribution in [3.05, 3.63) is 0 Å². The van der Waals surface area contributed by atoms with Crippen LogP contribution in [0.1, 0.15) is 46.0 Å². The normalized spacial score (nSPS) is 24.6. The lowest BCUT2D eigenvalue weighted by molar-refractivity contribution is -0.129. The second-order valence-corrected chi connectivity index (χ2v) is 5.73. The molecule has 0 radical (unpaired) electrons. The molecule has 1 aliphatic rings. The Morgan fingerprint density at radius 3 is 2.59 bits per heavy atom. The largest absolute Gasteiger partial charge is 0.326 e. The summed E-state index contributed by atoms with van der Waals surface area (Å²) in [5.41, 5.74) is 0. The first-order chi connectivity index (χ1) is 8.20. The first kappa shape index (κ1) is 14.8. The Morgan fingerprint density at radius 2 is 2.00 bits per heavy atom. The fourth-order valence-electron chi connectivity index (χ4n) is 2.32. The molecule has 1 N–H and O–H groups in total. The van der Waals surface area contributed by atoms with Crippen LogP contribution in [0.4, 0.5) is 0 Å². The highest BCUT2D eigenvalue weighted by Gasteiger charge is 2.34. The van der Waals surface area contributed by atoms with E-state index in [1.807, 2.05) is 16.7 Å². The molecular weight excluding hydrogens is 232 g/mol. The molecule has 0 aromatic heterocycles. The molecule has 1 fully saturated rings. The third-order valence-electron chi connectivity index (χ3n) is 3.40. The Labute approximate surface area is 110 Å². The van der Waals surface area contributed by atoms with Crippen LogP contribution in [-0.2, 0) is 4.79 Å². The summed E-state index contributed by atoms with van der Waals surface area (Å²) in [6.07, 6.45) is 8.26. The summed E-state index contributed by atoms with van der Waals surface area (Å²) >= 11 is 1.91. The van der Waals surface area contributed by atoms with Crippen molar-refractivity contribution in [3.63, 3.8) is 0 Å².